The molecule has 0 heterocycles. The summed E-state index contributed by atoms with van der Waals surface area (Å²) in [5.41, 5.74) is 2.56. The van der Waals surface area contributed by atoms with Gasteiger partial charge in [-0.25, -0.2) is 0 Å². The number of phenols is 1. The molecule has 0 aliphatic carbocycles. The van der Waals surface area contributed by atoms with Gasteiger partial charge in [-0.3, -0.25) is 9.11 Å². The number of aromatic hydroxyl groups is 1. The lowest BCUT2D eigenvalue weighted by molar-refractivity contribution is 0.282. The van der Waals surface area contributed by atoms with Crippen LogP contribution < -0.4 is 14.8 Å². The first-order chi connectivity index (χ1) is 29.7. The summed E-state index contributed by atoms with van der Waals surface area (Å²) in [4.78, 5) is -0.938. The highest BCUT2D eigenvalue weighted by molar-refractivity contribution is 7.86. The van der Waals surface area contributed by atoms with E-state index < -0.39 is 36.6 Å². The fraction of sp³-hybridized carbons (Fsp3) is 0.116. The van der Waals surface area contributed by atoms with E-state index in [0.29, 0.717) is 23.8 Å². The number of azo groups is 3. The summed E-state index contributed by atoms with van der Waals surface area (Å²) in [6, 6.07) is 32.1. The van der Waals surface area contributed by atoms with Gasteiger partial charge >= 0.3 is 0 Å². The van der Waals surface area contributed by atoms with E-state index >= 15 is 0 Å². The van der Waals surface area contributed by atoms with Crippen molar-refractivity contribution in [1.29, 1.82) is 0 Å². The van der Waals surface area contributed by atoms with Gasteiger partial charge in [0.1, 0.15) is 33.5 Å². The molecule has 0 saturated carbocycles. The smallest absolute Gasteiger partial charge is 0.296 e. The normalized spacial score (nSPS) is 12.3. The van der Waals surface area contributed by atoms with Gasteiger partial charge in [0, 0.05) is 45.2 Å². The Labute approximate surface area is 355 Å². The van der Waals surface area contributed by atoms with Crippen molar-refractivity contribution in [3.8, 4) is 17.2 Å². The molecular formula is C43H37N7O10S2. The van der Waals surface area contributed by atoms with E-state index in [2.05, 4.69) is 36.0 Å². The van der Waals surface area contributed by atoms with Crippen LogP contribution in [-0.4, -0.2) is 49.9 Å². The Kier molecular flexibility index (Phi) is 12.6. The van der Waals surface area contributed by atoms with Crippen molar-refractivity contribution in [2.45, 2.75) is 29.7 Å². The largest absolute Gasteiger partial charge is 0.505 e. The average Bonchev–Trinajstić information content (AvgIpc) is 3.26. The number of nitrogens with one attached hydrogen (secondary N) is 1. The zero-order valence-corrected chi connectivity index (χ0v) is 34.5. The van der Waals surface area contributed by atoms with Gasteiger partial charge in [0.25, 0.3) is 20.2 Å². The Hall–Kier alpha value is -7.16. The number of hydrogen-bond donors (Lipinski definition) is 5. The van der Waals surface area contributed by atoms with E-state index in [1.54, 1.807) is 24.3 Å². The molecule has 7 aromatic carbocycles. The van der Waals surface area contributed by atoms with Gasteiger partial charge in [-0.05, 0) is 90.7 Å². The number of benzene rings is 7. The number of fused-ring (bicyclic) bond motifs is 2. The van der Waals surface area contributed by atoms with Gasteiger partial charge in [-0.1, -0.05) is 37.3 Å². The molecule has 0 spiro atoms. The molecule has 0 aliphatic rings. The van der Waals surface area contributed by atoms with Crippen molar-refractivity contribution in [2.75, 3.05) is 19.0 Å². The van der Waals surface area contributed by atoms with Crippen LogP contribution in [0, 0.1) is 0 Å². The molecule has 0 radical (unpaired) electrons. The summed E-state index contributed by atoms with van der Waals surface area (Å²) in [6.07, 6.45) is 0.675. The van der Waals surface area contributed by atoms with Gasteiger partial charge in [-0.2, -0.15) is 21.9 Å². The Bertz CT molecular complexity index is 3150. The molecule has 0 amide bonds. The Morgan fingerprint density at radius 1 is 0.597 bits per heavy atom. The van der Waals surface area contributed by atoms with Crippen molar-refractivity contribution in [2.24, 2.45) is 30.7 Å². The van der Waals surface area contributed by atoms with E-state index in [9.17, 15) is 36.2 Å². The summed E-state index contributed by atoms with van der Waals surface area (Å²) in [5.74, 6) is 0.231. The second-order valence-corrected chi connectivity index (χ2v) is 16.3. The van der Waals surface area contributed by atoms with Crippen LogP contribution in [0.15, 0.2) is 162 Å². The lowest BCUT2D eigenvalue weighted by Gasteiger charge is -2.10. The molecule has 7 aromatic rings. The fourth-order valence-electron chi connectivity index (χ4n) is 6.26. The van der Waals surface area contributed by atoms with Crippen LogP contribution in [0.25, 0.3) is 21.5 Å². The zero-order chi connectivity index (χ0) is 44.0. The number of aliphatic hydroxyl groups is 1. The van der Waals surface area contributed by atoms with Crippen LogP contribution in [0.1, 0.15) is 18.9 Å². The second-order valence-electron chi connectivity index (χ2n) is 13.5. The highest BCUT2D eigenvalue weighted by Gasteiger charge is 2.19. The first-order valence-electron chi connectivity index (χ1n) is 18.7. The number of anilines is 2. The number of hydrogen-bond acceptors (Lipinski definition) is 15. The minimum absolute atomic E-state index is 0.0936. The number of para-hydroxylation sites is 1. The number of aliphatic hydroxyl groups excluding tert-OH is 1. The maximum absolute atomic E-state index is 12.2. The predicted molar refractivity (Wildman–Crippen MR) is 233 cm³/mol. The molecule has 0 saturated heterocycles. The van der Waals surface area contributed by atoms with Crippen molar-refractivity contribution >= 4 is 87.3 Å². The Balaban J connectivity index is 1.20. The average molecular weight is 876 g/mol. The summed E-state index contributed by atoms with van der Waals surface area (Å²) < 4.78 is 79.4. The quantitative estimate of drug-likeness (QED) is 0.0478. The molecule has 5 N–H and O–H groups in total. The van der Waals surface area contributed by atoms with Crippen molar-refractivity contribution in [3.63, 3.8) is 0 Å². The van der Waals surface area contributed by atoms with E-state index in [1.165, 1.54) is 55.6 Å². The van der Waals surface area contributed by atoms with Crippen LogP contribution in [0.4, 0.5) is 45.5 Å². The SMILES string of the molecule is CCCOc1ccc(N=Nc2cc(OC)c(N=Nc3ccc(N=Nc4ccc5cc(Nc6ccccc6)ccc5c4O)c4cc(S(=O)(=O)O)ccc34)cc2CO)c(S(=O)(=O)O)c1. The monoisotopic (exact) mass is 875 g/mol. The van der Waals surface area contributed by atoms with E-state index in [-0.39, 0.29) is 62.3 Å². The van der Waals surface area contributed by atoms with Gasteiger partial charge in [0.2, 0.25) is 0 Å². The Morgan fingerprint density at radius 3 is 1.94 bits per heavy atom. The van der Waals surface area contributed by atoms with E-state index in [1.807, 2.05) is 49.4 Å². The standard InChI is InChI=1S/C43H37N7O10S2/c1-3-19-60-30-11-16-37(42(22-30)62(56,57)58)47-49-39-24-41(59-2)40(21-27(39)25-51)50-45-35-17-18-36(34-23-31(61(53,54)55)12-14-33(34)35)46-48-38-15-9-26-20-29(10-13-32(26)43(38)52)44-28-7-5-4-6-8-28/h4-18,20-24,44,51-52H,3,19,25H2,1-2H3,(H,53,54,55)(H,56,57,58). The topological polar surface area (TPSA) is 254 Å². The minimum atomic E-state index is -4.72. The molecular weight excluding hydrogens is 839 g/mol. The third-order valence-corrected chi connectivity index (χ3v) is 11.0. The van der Waals surface area contributed by atoms with Crippen LogP contribution in [0.5, 0.6) is 17.2 Å². The zero-order valence-electron chi connectivity index (χ0n) is 32.9. The number of nitrogens with zero attached hydrogens (tertiary/aromatic N) is 6. The lowest BCUT2D eigenvalue weighted by Crippen LogP contribution is -2.01. The van der Waals surface area contributed by atoms with Crippen LogP contribution in [0.2, 0.25) is 0 Å². The van der Waals surface area contributed by atoms with Crippen molar-refractivity contribution in [1.82, 2.24) is 0 Å². The first kappa shape index (κ1) is 42.9. The predicted octanol–water partition coefficient (Wildman–Crippen LogP) is 11.5. The van der Waals surface area contributed by atoms with Gasteiger partial charge in [-0.15, -0.1) is 25.6 Å². The van der Waals surface area contributed by atoms with Crippen molar-refractivity contribution in [3.05, 3.63) is 127 Å². The first-order valence-corrected chi connectivity index (χ1v) is 21.6. The highest BCUT2D eigenvalue weighted by atomic mass is 32.2. The second kappa shape index (κ2) is 18.2. The number of phenolic OH excluding ortho intramolecular Hbond substituents is 1. The van der Waals surface area contributed by atoms with E-state index in [4.69, 9.17) is 9.47 Å². The summed E-state index contributed by atoms with van der Waals surface area (Å²) in [6.45, 7) is 1.66. The number of methoxy groups -OCH3 is 1. The molecule has 0 atom stereocenters. The summed E-state index contributed by atoms with van der Waals surface area (Å²) in [7, 11) is -7.99. The third kappa shape index (κ3) is 9.72. The molecule has 62 heavy (non-hydrogen) atoms. The lowest BCUT2D eigenvalue weighted by atomic mass is 10.1. The maximum atomic E-state index is 12.2. The number of rotatable bonds is 15. The molecule has 0 unspecified atom stereocenters. The van der Waals surface area contributed by atoms with Crippen molar-refractivity contribution < 1.29 is 45.6 Å². The minimum Gasteiger partial charge on any atom is -0.505 e. The Morgan fingerprint density at radius 2 is 1.24 bits per heavy atom. The molecule has 19 heteroatoms. The van der Waals surface area contributed by atoms with Crippen LogP contribution >= 0.6 is 0 Å². The molecule has 316 valence electrons. The third-order valence-electron chi connectivity index (χ3n) is 9.30. The maximum Gasteiger partial charge on any atom is 0.296 e. The summed E-state index contributed by atoms with van der Waals surface area (Å²) >= 11 is 0. The fourth-order valence-corrected chi connectivity index (χ4v) is 7.40. The molecule has 0 fully saturated rings. The molecule has 0 aromatic heterocycles. The molecule has 17 nitrogen and oxygen atoms in total. The van der Waals surface area contributed by atoms with Gasteiger partial charge in [0.05, 0.1) is 42.3 Å². The van der Waals surface area contributed by atoms with Gasteiger partial charge < -0.3 is 25.0 Å². The van der Waals surface area contributed by atoms with Gasteiger partial charge in [0.15, 0.2) is 5.75 Å². The van der Waals surface area contributed by atoms with E-state index in [0.717, 1.165) is 22.8 Å². The highest BCUT2D eigenvalue weighted by Crippen LogP contribution is 2.42. The van der Waals surface area contributed by atoms with Crippen LogP contribution in [0.3, 0.4) is 0 Å². The van der Waals surface area contributed by atoms with Crippen LogP contribution in [-0.2, 0) is 26.8 Å². The molecule has 0 aliphatic heterocycles. The summed E-state index contributed by atoms with van der Waals surface area (Å²) in [5, 5.41) is 52.1. The molecule has 0 bridgehead atoms. The number of ether oxygens (including phenoxy) is 2. The molecule has 7 rings (SSSR count).